The Kier molecular flexibility index (Phi) is 5.66. The number of likely N-dealkylation sites (N-methyl/N-ethyl adjacent to an activating group) is 1. The third-order valence-corrected chi connectivity index (χ3v) is 6.07. The zero-order valence-corrected chi connectivity index (χ0v) is 16.5. The number of carbonyl (C=O) groups excluding carboxylic acids is 1. The number of piperazine rings is 1. The molecule has 0 atom stereocenters. The number of carbonyl (C=O) groups is 1. The molecular formula is C19H26N6OS. The van der Waals surface area contributed by atoms with E-state index in [-0.39, 0.29) is 6.03 Å². The summed E-state index contributed by atoms with van der Waals surface area (Å²) < 4.78 is 0. The smallest absolute Gasteiger partial charge is 0.321 e. The van der Waals surface area contributed by atoms with Crippen LogP contribution in [0.3, 0.4) is 0 Å². The van der Waals surface area contributed by atoms with Gasteiger partial charge in [-0.2, -0.15) is 0 Å². The van der Waals surface area contributed by atoms with Crippen molar-refractivity contribution < 1.29 is 4.79 Å². The summed E-state index contributed by atoms with van der Waals surface area (Å²) in [7, 11) is 2.17. The molecule has 0 unspecified atom stereocenters. The first-order valence-electron chi connectivity index (χ1n) is 9.53. The van der Waals surface area contributed by atoms with Crippen LogP contribution in [0.2, 0.25) is 0 Å². The van der Waals surface area contributed by atoms with Crippen LogP contribution in [0.25, 0.3) is 0 Å². The van der Waals surface area contributed by atoms with E-state index in [4.69, 9.17) is 0 Å². The fourth-order valence-corrected chi connectivity index (χ4v) is 4.04. The van der Waals surface area contributed by atoms with E-state index in [1.807, 2.05) is 0 Å². The molecule has 1 aliphatic carbocycles. The number of anilines is 1. The Bertz CT molecular complexity index is 765. The number of hydrogen-bond donors (Lipinski definition) is 2. The number of urea groups is 1. The van der Waals surface area contributed by atoms with Gasteiger partial charge in [0.15, 0.2) is 0 Å². The fourth-order valence-electron chi connectivity index (χ4n) is 3.13. The summed E-state index contributed by atoms with van der Waals surface area (Å²) in [4.78, 5) is 16.9. The molecule has 0 radical (unpaired) electrons. The van der Waals surface area contributed by atoms with Crippen molar-refractivity contribution in [1.82, 2.24) is 25.3 Å². The Balaban J connectivity index is 1.21. The quantitative estimate of drug-likeness (QED) is 0.798. The van der Waals surface area contributed by atoms with E-state index in [2.05, 4.69) is 61.9 Å². The Labute approximate surface area is 163 Å². The summed E-state index contributed by atoms with van der Waals surface area (Å²) in [5, 5.41) is 15.4. The normalized spacial score (nSPS) is 18.4. The highest BCUT2D eigenvalue weighted by molar-refractivity contribution is 7.15. The van der Waals surface area contributed by atoms with Crippen LogP contribution in [0, 0.1) is 0 Å². The maximum absolute atomic E-state index is 12.0. The van der Waals surface area contributed by atoms with Gasteiger partial charge in [0.2, 0.25) is 5.13 Å². The highest BCUT2D eigenvalue weighted by atomic mass is 32.1. The van der Waals surface area contributed by atoms with Gasteiger partial charge in [0.1, 0.15) is 5.01 Å². The molecule has 2 aromatic rings. The van der Waals surface area contributed by atoms with Crippen molar-refractivity contribution in [2.75, 3.05) is 38.5 Å². The number of hydrogen-bond acceptors (Lipinski definition) is 6. The number of rotatable bonds is 6. The van der Waals surface area contributed by atoms with E-state index < -0.39 is 0 Å². The summed E-state index contributed by atoms with van der Waals surface area (Å²) >= 11 is 1.47. The van der Waals surface area contributed by atoms with E-state index in [1.54, 1.807) is 0 Å². The highest BCUT2D eigenvalue weighted by Crippen LogP contribution is 2.41. The topological polar surface area (TPSA) is 73.4 Å². The predicted octanol–water partition coefficient (Wildman–Crippen LogP) is 2.48. The second-order valence-electron chi connectivity index (χ2n) is 7.42. The van der Waals surface area contributed by atoms with Gasteiger partial charge in [-0.3, -0.25) is 10.2 Å². The average Bonchev–Trinajstić information content (AvgIpc) is 3.43. The summed E-state index contributed by atoms with van der Waals surface area (Å²) in [6.07, 6.45) is 2.37. The second-order valence-corrected chi connectivity index (χ2v) is 8.43. The molecule has 4 rings (SSSR count). The monoisotopic (exact) mass is 386 g/mol. The third kappa shape index (κ3) is 5.24. The van der Waals surface area contributed by atoms with Crippen molar-refractivity contribution >= 4 is 22.5 Å². The Morgan fingerprint density at radius 2 is 1.81 bits per heavy atom. The molecule has 1 saturated carbocycles. The maximum atomic E-state index is 12.0. The van der Waals surface area contributed by atoms with Gasteiger partial charge >= 0.3 is 6.03 Å². The van der Waals surface area contributed by atoms with E-state index in [0.29, 0.717) is 17.6 Å². The Morgan fingerprint density at radius 3 is 2.52 bits per heavy atom. The number of amides is 2. The van der Waals surface area contributed by atoms with Crippen molar-refractivity contribution in [2.24, 2.45) is 0 Å². The van der Waals surface area contributed by atoms with Crippen LogP contribution in [0.4, 0.5) is 9.93 Å². The maximum Gasteiger partial charge on any atom is 0.321 e. The van der Waals surface area contributed by atoms with Crippen LogP contribution >= 0.6 is 11.3 Å². The number of aromatic nitrogens is 2. The lowest BCUT2D eigenvalue weighted by Gasteiger charge is -2.32. The molecule has 1 saturated heterocycles. The van der Waals surface area contributed by atoms with E-state index in [0.717, 1.165) is 43.3 Å². The largest absolute Gasteiger partial charge is 0.334 e. The summed E-state index contributed by atoms with van der Waals surface area (Å²) in [6.45, 7) is 5.99. The van der Waals surface area contributed by atoms with Crippen LogP contribution in [0.15, 0.2) is 24.3 Å². The van der Waals surface area contributed by atoms with Crippen molar-refractivity contribution in [2.45, 2.75) is 31.8 Å². The molecule has 144 valence electrons. The zero-order chi connectivity index (χ0) is 18.6. The molecule has 1 aromatic carbocycles. The Hall–Kier alpha value is -2.03. The second kappa shape index (κ2) is 8.33. The van der Waals surface area contributed by atoms with E-state index in [1.165, 1.54) is 29.7 Å². The molecule has 2 amide bonds. The van der Waals surface area contributed by atoms with Crippen molar-refractivity contribution in [3.63, 3.8) is 0 Å². The zero-order valence-electron chi connectivity index (χ0n) is 15.6. The van der Waals surface area contributed by atoms with Crippen LogP contribution in [-0.2, 0) is 13.1 Å². The molecule has 2 heterocycles. The third-order valence-electron chi connectivity index (χ3n) is 5.07. The number of nitrogens with zero attached hydrogens (tertiary/aromatic N) is 4. The first-order chi connectivity index (χ1) is 13.2. The van der Waals surface area contributed by atoms with Crippen LogP contribution in [0.5, 0.6) is 0 Å². The van der Waals surface area contributed by atoms with Gasteiger partial charge in [0.05, 0.1) is 0 Å². The summed E-state index contributed by atoms with van der Waals surface area (Å²) in [6, 6.07) is 8.23. The van der Waals surface area contributed by atoms with Gasteiger partial charge < -0.3 is 10.2 Å². The molecule has 2 aliphatic rings. The lowest BCUT2D eigenvalue weighted by Crippen LogP contribution is -2.43. The molecule has 8 heteroatoms. The SMILES string of the molecule is CN1CCN(Cc2ccc(CNC(=O)Nc3nnc(C4CC4)s3)cc2)CC1. The lowest BCUT2D eigenvalue weighted by atomic mass is 10.1. The molecule has 1 aromatic heterocycles. The van der Waals surface area contributed by atoms with Crippen LogP contribution in [0.1, 0.15) is 34.9 Å². The first kappa shape index (κ1) is 18.3. The van der Waals surface area contributed by atoms with Gasteiger partial charge in [0, 0.05) is 45.2 Å². The van der Waals surface area contributed by atoms with Gasteiger partial charge in [-0.1, -0.05) is 35.6 Å². The Morgan fingerprint density at radius 1 is 1.11 bits per heavy atom. The number of nitrogens with one attached hydrogen (secondary N) is 2. The van der Waals surface area contributed by atoms with Gasteiger partial charge in [-0.25, -0.2) is 4.79 Å². The minimum absolute atomic E-state index is 0.241. The van der Waals surface area contributed by atoms with E-state index in [9.17, 15) is 4.79 Å². The summed E-state index contributed by atoms with van der Waals surface area (Å²) in [5.41, 5.74) is 2.40. The molecule has 7 nitrogen and oxygen atoms in total. The standard InChI is InChI=1S/C19H26N6OS/c1-24-8-10-25(11-9-24)13-15-4-2-14(3-5-15)12-20-18(26)21-19-23-22-17(27-19)16-6-7-16/h2-5,16H,6-13H2,1H3,(H2,20,21,23,26). The van der Waals surface area contributed by atoms with Crippen LogP contribution in [-0.4, -0.2) is 59.3 Å². The average molecular weight is 387 g/mol. The van der Waals surface area contributed by atoms with Crippen molar-refractivity contribution in [3.8, 4) is 0 Å². The van der Waals surface area contributed by atoms with Crippen LogP contribution < -0.4 is 10.6 Å². The predicted molar refractivity (Wildman–Crippen MR) is 107 cm³/mol. The lowest BCUT2D eigenvalue weighted by molar-refractivity contribution is 0.148. The summed E-state index contributed by atoms with van der Waals surface area (Å²) in [5.74, 6) is 0.561. The molecule has 0 spiro atoms. The molecular weight excluding hydrogens is 360 g/mol. The molecule has 2 fully saturated rings. The highest BCUT2D eigenvalue weighted by Gasteiger charge is 2.27. The van der Waals surface area contributed by atoms with E-state index >= 15 is 0 Å². The minimum Gasteiger partial charge on any atom is -0.334 e. The minimum atomic E-state index is -0.241. The fraction of sp³-hybridized carbons (Fsp3) is 0.526. The number of benzene rings is 1. The molecule has 0 bridgehead atoms. The molecule has 1 aliphatic heterocycles. The van der Waals surface area contributed by atoms with Gasteiger partial charge in [0.25, 0.3) is 0 Å². The molecule has 2 N–H and O–H groups in total. The van der Waals surface area contributed by atoms with Crippen molar-refractivity contribution in [1.29, 1.82) is 0 Å². The first-order valence-corrected chi connectivity index (χ1v) is 10.3. The van der Waals surface area contributed by atoms with Gasteiger partial charge in [-0.05, 0) is 31.0 Å². The molecule has 27 heavy (non-hydrogen) atoms. The van der Waals surface area contributed by atoms with Crippen molar-refractivity contribution in [3.05, 3.63) is 40.4 Å². The van der Waals surface area contributed by atoms with Gasteiger partial charge in [-0.15, -0.1) is 10.2 Å².